The van der Waals surface area contributed by atoms with Gasteiger partial charge < -0.3 is 15.3 Å². The van der Waals surface area contributed by atoms with Crippen molar-refractivity contribution >= 4 is 5.96 Å². The lowest BCUT2D eigenvalue weighted by Crippen LogP contribution is -2.43. The van der Waals surface area contributed by atoms with Gasteiger partial charge in [-0.15, -0.1) is 0 Å². The average molecular weight is 369 g/mol. The summed E-state index contributed by atoms with van der Waals surface area (Å²) in [5.41, 5.74) is -0.195. The zero-order valence-electron chi connectivity index (χ0n) is 15.0. The van der Waals surface area contributed by atoms with Gasteiger partial charge in [0.05, 0.1) is 18.2 Å². The Morgan fingerprint density at radius 3 is 2.69 bits per heavy atom. The van der Waals surface area contributed by atoms with Crippen LogP contribution in [-0.2, 0) is 11.6 Å². The van der Waals surface area contributed by atoms with E-state index in [1.807, 2.05) is 11.8 Å². The molecule has 1 atom stereocenters. The van der Waals surface area contributed by atoms with Gasteiger partial charge in [0.1, 0.15) is 0 Å². The molecule has 144 valence electrons. The first-order valence-corrected chi connectivity index (χ1v) is 9.23. The lowest BCUT2D eigenvalue weighted by molar-refractivity contribution is -0.137. The molecule has 1 aromatic rings. The fourth-order valence-corrected chi connectivity index (χ4v) is 3.75. The van der Waals surface area contributed by atoms with E-state index in [0.29, 0.717) is 26.1 Å². The number of aliphatic hydroxyl groups is 1. The summed E-state index contributed by atoms with van der Waals surface area (Å²) in [6.07, 6.45) is -1.27. The Morgan fingerprint density at radius 2 is 2.15 bits per heavy atom. The van der Waals surface area contributed by atoms with Crippen molar-refractivity contribution in [3.63, 3.8) is 0 Å². The third-order valence-corrected chi connectivity index (χ3v) is 5.44. The fourth-order valence-electron chi connectivity index (χ4n) is 3.75. The molecule has 1 saturated heterocycles. The molecule has 26 heavy (non-hydrogen) atoms. The molecule has 2 N–H and O–H groups in total. The van der Waals surface area contributed by atoms with Crippen molar-refractivity contribution in [3.8, 4) is 0 Å². The maximum absolute atomic E-state index is 13.1. The van der Waals surface area contributed by atoms with E-state index in [4.69, 9.17) is 4.99 Å². The molecule has 1 saturated carbocycles. The summed E-state index contributed by atoms with van der Waals surface area (Å²) in [4.78, 5) is 6.75. The standard InChI is InChI=1S/C19H26F3N3O/c1-2-23-17(25-10-7-16(26)12-25)24-13-18(8-4-9-18)14-5-3-6-15(11-14)19(20,21)22/h3,5-6,11,16,26H,2,4,7-10,12-13H2,1H3,(H,23,24)/t16-/m1/s1. The summed E-state index contributed by atoms with van der Waals surface area (Å²) in [6.45, 7) is 4.44. The molecular formula is C19H26F3N3O. The molecule has 1 heterocycles. The average Bonchev–Trinajstić information content (AvgIpc) is 2.99. The van der Waals surface area contributed by atoms with Crippen molar-refractivity contribution in [1.82, 2.24) is 10.2 Å². The maximum Gasteiger partial charge on any atom is 0.416 e. The van der Waals surface area contributed by atoms with E-state index in [9.17, 15) is 18.3 Å². The minimum atomic E-state index is -4.33. The number of benzene rings is 1. The van der Waals surface area contributed by atoms with Crippen molar-refractivity contribution in [3.05, 3.63) is 35.4 Å². The third kappa shape index (κ3) is 3.98. The lowest BCUT2D eigenvalue weighted by Gasteiger charge is -2.42. The fraction of sp³-hybridized carbons (Fsp3) is 0.632. The van der Waals surface area contributed by atoms with Gasteiger partial charge in [0.2, 0.25) is 0 Å². The van der Waals surface area contributed by atoms with E-state index in [1.165, 1.54) is 12.1 Å². The van der Waals surface area contributed by atoms with Crippen LogP contribution < -0.4 is 5.32 Å². The van der Waals surface area contributed by atoms with Gasteiger partial charge in [0.25, 0.3) is 0 Å². The van der Waals surface area contributed by atoms with Crippen LogP contribution in [0.3, 0.4) is 0 Å². The predicted molar refractivity (Wildman–Crippen MR) is 95.1 cm³/mol. The second kappa shape index (κ2) is 7.47. The van der Waals surface area contributed by atoms with Crippen molar-refractivity contribution in [2.75, 3.05) is 26.2 Å². The molecule has 0 unspecified atom stereocenters. The van der Waals surface area contributed by atoms with E-state index in [0.717, 1.165) is 43.4 Å². The molecule has 4 nitrogen and oxygen atoms in total. The van der Waals surface area contributed by atoms with Gasteiger partial charge in [0, 0.05) is 25.0 Å². The van der Waals surface area contributed by atoms with Crippen molar-refractivity contribution in [1.29, 1.82) is 0 Å². The molecule has 1 aliphatic carbocycles. The lowest BCUT2D eigenvalue weighted by atomic mass is 9.64. The van der Waals surface area contributed by atoms with Crippen LogP contribution in [0.2, 0.25) is 0 Å². The van der Waals surface area contributed by atoms with Crippen LogP contribution >= 0.6 is 0 Å². The Hall–Kier alpha value is -1.76. The van der Waals surface area contributed by atoms with Gasteiger partial charge in [-0.1, -0.05) is 24.6 Å². The van der Waals surface area contributed by atoms with Crippen LogP contribution in [0.5, 0.6) is 0 Å². The second-order valence-electron chi connectivity index (χ2n) is 7.27. The Bertz CT molecular complexity index is 656. The van der Waals surface area contributed by atoms with Crippen LogP contribution in [0.25, 0.3) is 0 Å². The van der Waals surface area contributed by atoms with Crippen molar-refractivity contribution in [2.45, 2.75) is 50.3 Å². The maximum atomic E-state index is 13.1. The Balaban J connectivity index is 1.81. The van der Waals surface area contributed by atoms with Gasteiger partial charge in [-0.3, -0.25) is 4.99 Å². The first kappa shape index (κ1) is 19.0. The molecule has 3 rings (SSSR count). The number of β-amino-alcohol motifs (C(OH)–C–C–N with tert-alkyl or cyclic N) is 1. The number of nitrogens with zero attached hydrogens (tertiary/aromatic N) is 2. The van der Waals surface area contributed by atoms with Gasteiger partial charge >= 0.3 is 6.18 Å². The molecule has 2 fully saturated rings. The number of aliphatic imine (C=N–C) groups is 1. The topological polar surface area (TPSA) is 47.9 Å². The number of alkyl halides is 3. The minimum absolute atomic E-state index is 0.319. The molecular weight excluding hydrogens is 343 g/mol. The number of hydrogen-bond acceptors (Lipinski definition) is 2. The molecule has 2 aliphatic rings. The highest BCUT2D eigenvalue weighted by atomic mass is 19.4. The summed E-state index contributed by atoms with van der Waals surface area (Å²) in [5.74, 6) is 0.738. The molecule has 0 amide bonds. The number of guanidine groups is 1. The largest absolute Gasteiger partial charge is 0.416 e. The summed E-state index contributed by atoms with van der Waals surface area (Å²) in [5, 5.41) is 13.0. The minimum Gasteiger partial charge on any atom is -0.391 e. The molecule has 0 spiro atoms. The monoisotopic (exact) mass is 369 g/mol. The van der Waals surface area contributed by atoms with Crippen molar-refractivity contribution < 1.29 is 18.3 Å². The van der Waals surface area contributed by atoms with Crippen LogP contribution in [0, 0.1) is 0 Å². The Morgan fingerprint density at radius 1 is 1.38 bits per heavy atom. The normalized spacial score (nSPS) is 23.0. The highest BCUT2D eigenvalue weighted by Gasteiger charge is 2.40. The summed E-state index contributed by atoms with van der Waals surface area (Å²) < 4.78 is 39.2. The van der Waals surface area contributed by atoms with Crippen LogP contribution in [0.1, 0.15) is 43.7 Å². The first-order valence-electron chi connectivity index (χ1n) is 9.23. The molecule has 0 bridgehead atoms. The van der Waals surface area contributed by atoms with E-state index < -0.39 is 11.7 Å². The Labute approximate surface area is 152 Å². The van der Waals surface area contributed by atoms with Gasteiger partial charge in [-0.05, 0) is 37.8 Å². The van der Waals surface area contributed by atoms with E-state index in [2.05, 4.69) is 5.32 Å². The van der Waals surface area contributed by atoms with Crippen LogP contribution in [0.15, 0.2) is 29.3 Å². The molecule has 0 radical (unpaired) electrons. The highest BCUT2D eigenvalue weighted by Crippen LogP contribution is 2.45. The quantitative estimate of drug-likeness (QED) is 0.633. The Kier molecular flexibility index (Phi) is 5.46. The van der Waals surface area contributed by atoms with E-state index in [-0.39, 0.29) is 11.5 Å². The van der Waals surface area contributed by atoms with Gasteiger partial charge in [-0.25, -0.2) is 0 Å². The number of nitrogens with one attached hydrogen (secondary N) is 1. The van der Waals surface area contributed by atoms with E-state index in [1.54, 1.807) is 6.07 Å². The zero-order chi connectivity index (χ0) is 18.8. The highest BCUT2D eigenvalue weighted by molar-refractivity contribution is 5.80. The van der Waals surface area contributed by atoms with Gasteiger partial charge in [0.15, 0.2) is 5.96 Å². The molecule has 0 aromatic heterocycles. The summed E-state index contributed by atoms with van der Waals surface area (Å²) in [6, 6.07) is 5.68. The van der Waals surface area contributed by atoms with Gasteiger partial charge in [-0.2, -0.15) is 13.2 Å². The number of aliphatic hydroxyl groups excluding tert-OH is 1. The summed E-state index contributed by atoms with van der Waals surface area (Å²) >= 11 is 0. The number of likely N-dealkylation sites (tertiary alicyclic amines) is 1. The SMILES string of the molecule is CCNC(=NCC1(c2cccc(C(F)(F)F)c2)CCC1)N1CC[C@@H](O)C1. The number of rotatable bonds is 4. The smallest absolute Gasteiger partial charge is 0.391 e. The summed E-state index contributed by atoms with van der Waals surface area (Å²) in [7, 11) is 0. The second-order valence-corrected chi connectivity index (χ2v) is 7.27. The van der Waals surface area contributed by atoms with Crippen LogP contribution in [0.4, 0.5) is 13.2 Å². The predicted octanol–water partition coefficient (Wildman–Crippen LogP) is 3.16. The molecule has 1 aromatic carbocycles. The molecule has 7 heteroatoms. The molecule has 1 aliphatic heterocycles. The van der Waals surface area contributed by atoms with Crippen LogP contribution in [-0.4, -0.2) is 48.2 Å². The third-order valence-electron chi connectivity index (χ3n) is 5.44. The first-order chi connectivity index (χ1) is 12.3. The number of halogens is 3. The van der Waals surface area contributed by atoms with Crippen molar-refractivity contribution in [2.24, 2.45) is 4.99 Å². The zero-order valence-corrected chi connectivity index (χ0v) is 15.0. The van der Waals surface area contributed by atoms with E-state index >= 15 is 0 Å². The number of hydrogen-bond donors (Lipinski definition) is 2.